The van der Waals surface area contributed by atoms with Crippen LogP contribution in [-0.4, -0.2) is 16.1 Å². The minimum absolute atomic E-state index is 0.249. The molecule has 0 aliphatic rings. The van der Waals surface area contributed by atoms with E-state index in [-0.39, 0.29) is 11.7 Å². The monoisotopic (exact) mass is 309 g/mol. The first-order valence-electron chi connectivity index (χ1n) is 7.23. The van der Waals surface area contributed by atoms with E-state index in [9.17, 15) is 9.18 Å². The van der Waals surface area contributed by atoms with Crippen LogP contribution in [0.5, 0.6) is 0 Å². The van der Waals surface area contributed by atoms with Crippen molar-refractivity contribution in [3.63, 3.8) is 0 Å². The second-order valence-corrected chi connectivity index (χ2v) is 5.41. The number of carbonyl (C=O) groups is 1. The van der Waals surface area contributed by atoms with Crippen LogP contribution in [0.4, 0.5) is 10.1 Å². The summed E-state index contributed by atoms with van der Waals surface area (Å²) in [6, 6.07) is 12.0. The van der Waals surface area contributed by atoms with Crippen LogP contribution in [0.25, 0.3) is 11.3 Å². The number of rotatable bonds is 3. The number of amides is 1. The fourth-order valence-corrected chi connectivity index (χ4v) is 2.51. The van der Waals surface area contributed by atoms with Gasteiger partial charge >= 0.3 is 0 Å². The smallest absolute Gasteiger partial charge is 0.256 e. The van der Waals surface area contributed by atoms with Crippen LogP contribution in [0.2, 0.25) is 0 Å². The number of benzene rings is 2. The number of aryl methyl sites for hydroxylation is 2. The van der Waals surface area contributed by atoms with Gasteiger partial charge in [-0.1, -0.05) is 29.8 Å². The Labute approximate surface area is 133 Å². The molecule has 23 heavy (non-hydrogen) atoms. The Balaban J connectivity index is 1.91. The second kappa shape index (κ2) is 6.04. The molecule has 0 aliphatic carbocycles. The third-order valence-electron chi connectivity index (χ3n) is 3.66. The Morgan fingerprint density at radius 3 is 2.70 bits per heavy atom. The van der Waals surface area contributed by atoms with Gasteiger partial charge in [0.2, 0.25) is 0 Å². The van der Waals surface area contributed by atoms with Gasteiger partial charge in [-0.05, 0) is 37.6 Å². The molecule has 0 fully saturated rings. The van der Waals surface area contributed by atoms with Crippen molar-refractivity contribution in [3.05, 3.63) is 71.2 Å². The molecule has 2 aromatic carbocycles. The van der Waals surface area contributed by atoms with Gasteiger partial charge in [0.05, 0.1) is 17.6 Å². The summed E-state index contributed by atoms with van der Waals surface area (Å²) in [5, 5.41) is 9.45. The van der Waals surface area contributed by atoms with Crippen LogP contribution >= 0.6 is 0 Å². The van der Waals surface area contributed by atoms with Crippen LogP contribution in [0, 0.1) is 19.7 Å². The molecule has 1 amide bonds. The number of hydrogen-bond donors (Lipinski definition) is 2. The summed E-state index contributed by atoms with van der Waals surface area (Å²) in [6.45, 7) is 3.86. The first-order valence-corrected chi connectivity index (χ1v) is 7.23. The quantitative estimate of drug-likeness (QED) is 0.765. The Bertz CT molecular complexity index is 870. The van der Waals surface area contributed by atoms with Crippen LogP contribution in [0.3, 0.4) is 0 Å². The van der Waals surface area contributed by atoms with E-state index < -0.39 is 0 Å². The summed E-state index contributed by atoms with van der Waals surface area (Å²) in [5.41, 5.74) is 3.81. The molecule has 0 radical (unpaired) electrons. The van der Waals surface area contributed by atoms with E-state index in [1.165, 1.54) is 12.3 Å². The van der Waals surface area contributed by atoms with Gasteiger partial charge in [-0.25, -0.2) is 4.39 Å². The Morgan fingerprint density at radius 2 is 1.96 bits per heavy atom. The van der Waals surface area contributed by atoms with E-state index in [2.05, 4.69) is 15.5 Å². The van der Waals surface area contributed by atoms with Gasteiger partial charge in [0, 0.05) is 11.1 Å². The largest absolute Gasteiger partial charge is 0.319 e. The van der Waals surface area contributed by atoms with Gasteiger partial charge in [-0.3, -0.25) is 9.89 Å². The summed E-state index contributed by atoms with van der Waals surface area (Å²) >= 11 is 0. The highest BCUT2D eigenvalue weighted by Crippen LogP contribution is 2.28. The first-order chi connectivity index (χ1) is 11.1. The van der Waals surface area contributed by atoms with Crippen molar-refractivity contribution in [2.45, 2.75) is 13.8 Å². The van der Waals surface area contributed by atoms with E-state index in [0.717, 1.165) is 11.1 Å². The van der Waals surface area contributed by atoms with Gasteiger partial charge in [0.25, 0.3) is 5.91 Å². The van der Waals surface area contributed by atoms with Crippen molar-refractivity contribution < 1.29 is 9.18 Å². The van der Waals surface area contributed by atoms with Crippen molar-refractivity contribution in [2.24, 2.45) is 0 Å². The number of nitrogens with zero attached hydrogens (tertiary/aromatic N) is 1. The molecule has 0 bridgehead atoms. The molecule has 1 aromatic heterocycles. The molecule has 5 heteroatoms. The van der Waals surface area contributed by atoms with E-state index in [1.807, 2.05) is 26.0 Å². The Kier molecular flexibility index (Phi) is 3.93. The molecule has 0 aliphatic heterocycles. The molecule has 0 unspecified atom stereocenters. The van der Waals surface area contributed by atoms with Gasteiger partial charge in [-0.2, -0.15) is 5.10 Å². The number of hydrogen-bond acceptors (Lipinski definition) is 2. The highest BCUT2D eigenvalue weighted by Gasteiger charge is 2.15. The number of carbonyl (C=O) groups excluding carboxylic acids is 1. The van der Waals surface area contributed by atoms with Crippen LogP contribution < -0.4 is 5.32 Å². The lowest BCUT2D eigenvalue weighted by Crippen LogP contribution is -2.13. The highest BCUT2D eigenvalue weighted by molar-refractivity contribution is 6.06. The molecule has 1 heterocycles. The van der Waals surface area contributed by atoms with Crippen molar-refractivity contribution in [2.75, 3.05) is 5.32 Å². The molecular weight excluding hydrogens is 293 g/mol. The number of H-pyrrole nitrogens is 1. The molecule has 4 nitrogen and oxygen atoms in total. The molecule has 0 saturated carbocycles. The molecule has 116 valence electrons. The zero-order chi connectivity index (χ0) is 16.4. The molecule has 3 aromatic rings. The number of aromatic amines is 1. The summed E-state index contributed by atoms with van der Waals surface area (Å²) in [6.07, 6.45) is 1.48. The number of nitrogens with one attached hydrogen (secondary N) is 2. The van der Waals surface area contributed by atoms with Crippen molar-refractivity contribution in [1.29, 1.82) is 0 Å². The maximum atomic E-state index is 13.9. The number of anilines is 1. The normalized spacial score (nSPS) is 10.6. The van der Waals surface area contributed by atoms with E-state index in [1.54, 1.807) is 24.3 Å². The zero-order valence-electron chi connectivity index (χ0n) is 12.9. The summed E-state index contributed by atoms with van der Waals surface area (Å²) in [4.78, 5) is 12.5. The summed E-state index contributed by atoms with van der Waals surface area (Å²) in [7, 11) is 0. The topological polar surface area (TPSA) is 57.8 Å². The predicted molar refractivity (Wildman–Crippen MR) is 87.9 cm³/mol. The summed E-state index contributed by atoms with van der Waals surface area (Å²) in [5.74, 6) is -0.625. The lowest BCUT2D eigenvalue weighted by molar-refractivity contribution is 0.102. The van der Waals surface area contributed by atoms with Crippen molar-refractivity contribution in [3.8, 4) is 11.3 Å². The summed E-state index contributed by atoms with van der Waals surface area (Å²) < 4.78 is 13.9. The minimum Gasteiger partial charge on any atom is -0.319 e. The number of aromatic nitrogens is 2. The standard InChI is InChI=1S/C18H16FN3O/c1-11-7-8-13(12(2)9-11)18(23)21-16-10-20-22-17(16)14-5-3-4-6-15(14)19/h3-10H,1-2H3,(H,20,22)(H,21,23). The lowest BCUT2D eigenvalue weighted by atomic mass is 10.0. The van der Waals surface area contributed by atoms with E-state index >= 15 is 0 Å². The van der Waals surface area contributed by atoms with Gasteiger partial charge in [0.1, 0.15) is 5.82 Å². The molecule has 3 rings (SSSR count). The van der Waals surface area contributed by atoms with Crippen molar-refractivity contribution in [1.82, 2.24) is 10.2 Å². The van der Waals surface area contributed by atoms with Gasteiger partial charge in [0.15, 0.2) is 0 Å². The van der Waals surface area contributed by atoms with Crippen molar-refractivity contribution >= 4 is 11.6 Å². The average molecular weight is 309 g/mol. The maximum absolute atomic E-state index is 13.9. The van der Waals surface area contributed by atoms with E-state index in [4.69, 9.17) is 0 Å². The number of halogens is 1. The third kappa shape index (κ3) is 2.99. The van der Waals surface area contributed by atoms with Gasteiger partial charge < -0.3 is 5.32 Å². The maximum Gasteiger partial charge on any atom is 0.256 e. The first kappa shape index (κ1) is 15.0. The molecule has 0 atom stereocenters. The van der Waals surface area contributed by atoms with E-state index in [0.29, 0.717) is 22.5 Å². The molecular formula is C18H16FN3O. The molecule has 0 saturated heterocycles. The predicted octanol–water partition coefficient (Wildman–Crippen LogP) is 4.08. The fraction of sp³-hybridized carbons (Fsp3) is 0.111. The third-order valence-corrected chi connectivity index (χ3v) is 3.66. The SMILES string of the molecule is Cc1ccc(C(=O)Nc2cn[nH]c2-c2ccccc2F)c(C)c1. The fourth-order valence-electron chi connectivity index (χ4n) is 2.51. The van der Waals surface area contributed by atoms with Crippen LogP contribution in [0.15, 0.2) is 48.7 Å². The Hall–Kier alpha value is -2.95. The van der Waals surface area contributed by atoms with Crippen LogP contribution in [-0.2, 0) is 0 Å². The Morgan fingerprint density at radius 1 is 1.17 bits per heavy atom. The molecule has 2 N–H and O–H groups in total. The molecule has 0 spiro atoms. The van der Waals surface area contributed by atoms with Gasteiger partial charge in [-0.15, -0.1) is 0 Å². The van der Waals surface area contributed by atoms with Crippen LogP contribution in [0.1, 0.15) is 21.5 Å². The lowest BCUT2D eigenvalue weighted by Gasteiger charge is -2.09. The highest BCUT2D eigenvalue weighted by atomic mass is 19.1. The zero-order valence-corrected chi connectivity index (χ0v) is 12.9. The average Bonchev–Trinajstić information content (AvgIpc) is 2.95. The minimum atomic E-state index is -0.376. The second-order valence-electron chi connectivity index (χ2n) is 5.41.